The third-order valence-electron chi connectivity index (χ3n) is 5.25. The van der Waals surface area contributed by atoms with Gasteiger partial charge in [0, 0.05) is 24.5 Å². The number of hydrogen-bond donors (Lipinski definition) is 1. The number of likely N-dealkylation sites (tertiary alicyclic amines) is 1. The van der Waals surface area contributed by atoms with Crippen LogP contribution in [0.1, 0.15) is 71.1 Å². The van der Waals surface area contributed by atoms with Crippen LogP contribution in [0.5, 0.6) is 0 Å². The van der Waals surface area contributed by atoms with Crippen molar-refractivity contribution in [1.29, 1.82) is 0 Å². The van der Waals surface area contributed by atoms with Crippen molar-refractivity contribution in [3.05, 3.63) is 0 Å². The van der Waals surface area contributed by atoms with Crippen LogP contribution in [-0.4, -0.2) is 36.0 Å². The second kappa shape index (κ2) is 6.74. The van der Waals surface area contributed by atoms with E-state index in [1.807, 2.05) is 7.05 Å². The van der Waals surface area contributed by atoms with E-state index in [-0.39, 0.29) is 5.54 Å². The largest absolute Gasteiger partial charge is 0.340 e. The van der Waals surface area contributed by atoms with Gasteiger partial charge in [-0.05, 0) is 45.6 Å². The van der Waals surface area contributed by atoms with E-state index in [2.05, 4.69) is 17.1 Å². The molecule has 0 aromatic heterocycles. The Kier molecular flexibility index (Phi) is 5.26. The molecule has 0 bridgehead atoms. The summed E-state index contributed by atoms with van der Waals surface area (Å²) in [5, 5.41) is 3.47. The van der Waals surface area contributed by atoms with E-state index in [0.29, 0.717) is 18.4 Å². The van der Waals surface area contributed by atoms with Gasteiger partial charge in [-0.1, -0.05) is 26.2 Å². The van der Waals surface area contributed by atoms with Crippen LogP contribution in [0.4, 0.5) is 0 Å². The molecule has 0 aromatic rings. The molecule has 1 unspecified atom stereocenters. The number of carbonyl (C=O) groups is 1. The van der Waals surface area contributed by atoms with Crippen molar-refractivity contribution in [1.82, 2.24) is 10.2 Å². The lowest BCUT2D eigenvalue weighted by molar-refractivity contribution is -0.137. The normalized spacial score (nSPS) is 27.3. The van der Waals surface area contributed by atoms with Crippen LogP contribution in [0.3, 0.4) is 0 Å². The summed E-state index contributed by atoms with van der Waals surface area (Å²) < 4.78 is 0. The molecule has 1 N–H and O–H groups in total. The highest BCUT2D eigenvalue weighted by Gasteiger charge is 2.35. The molecule has 1 aliphatic heterocycles. The van der Waals surface area contributed by atoms with Gasteiger partial charge >= 0.3 is 0 Å². The molecule has 2 fully saturated rings. The van der Waals surface area contributed by atoms with Gasteiger partial charge in [-0.2, -0.15) is 0 Å². The number of carbonyl (C=O) groups excluding carboxylic acids is 1. The molecule has 1 heterocycles. The van der Waals surface area contributed by atoms with E-state index in [1.54, 1.807) is 0 Å². The van der Waals surface area contributed by atoms with Crippen molar-refractivity contribution in [3.8, 4) is 0 Å². The molecule has 0 radical (unpaired) electrons. The summed E-state index contributed by atoms with van der Waals surface area (Å²) in [4.78, 5) is 14.9. The first-order valence-electron chi connectivity index (χ1n) is 8.19. The van der Waals surface area contributed by atoms with Crippen LogP contribution >= 0.6 is 0 Å². The van der Waals surface area contributed by atoms with Crippen molar-refractivity contribution in [2.75, 3.05) is 13.6 Å². The van der Waals surface area contributed by atoms with Gasteiger partial charge in [0.2, 0.25) is 5.91 Å². The quantitative estimate of drug-likeness (QED) is 0.848. The Hall–Kier alpha value is -0.570. The zero-order valence-electron chi connectivity index (χ0n) is 12.7. The molecule has 1 atom stereocenters. The van der Waals surface area contributed by atoms with E-state index in [4.69, 9.17) is 0 Å². The predicted molar refractivity (Wildman–Crippen MR) is 79.1 cm³/mol. The zero-order chi connectivity index (χ0) is 13.7. The molecule has 0 aromatic carbocycles. The Bertz CT molecular complexity index is 297. The summed E-state index contributed by atoms with van der Waals surface area (Å²) in [5.74, 6) is 0.391. The Balaban J connectivity index is 1.98. The lowest BCUT2D eigenvalue weighted by Gasteiger charge is -2.41. The Morgan fingerprint density at radius 3 is 2.58 bits per heavy atom. The van der Waals surface area contributed by atoms with Gasteiger partial charge in [0.15, 0.2) is 0 Å². The highest BCUT2D eigenvalue weighted by molar-refractivity contribution is 5.78. The monoisotopic (exact) mass is 266 g/mol. The molecule has 1 saturated carbocycles. The summed E-state index contributed by atoms with van der Waals surface area (Å²) in [6.07, 6.45) is 11.7. The van der Waals surface area contributed by atoms with Gasteiger partial charge in [0.05, 0.1) is 0 Å². The third kappa shape index (κ3) is 3.50. The van der Waals surface area contributed by atoms with Crippen LogP contribution in [-0.2, 0) is 4.79 Å². The number of amides is 1. The Morgan fingerprint density at radius 2 is 1.95 bits per heavy atom. The fraction of sp³-hybridized carbons (Fsp3) is 0.938. The Morgan fingerprint density at radius 1 is 1.21 bits per heavy atom. The molecule has 1 amide bonds. The smallest absolute Gasteiger partial charge is 0.224 e. The molecule has 2 aliphatic rings. The number of rotatable bonds is 4. The molecule has 2 rings (SSSR count). The average molecular weight is 266 g/mol. The standard InChI is InChI=1S/C16H30N2O/c1-3-14-9-5-8-12-18(14)15(19)13-16(17-2)10-6-4-7-11-16/h14,17H,3-13H2,1-2H3. The second-order valence-electron chi connectivity index (χ2n) is 6.41. The lowest BCUT2D eigenvalue weighted by Crippen LogP contribution is -2.51. The maximum atomic E-state index is 12.7. The SMILES string of the molecule is CCC1CCCCN1C(=O)CC1(NC)CCCCC1. The van der Waals surface area contributed by atoms with Crippen molar-refractivity contribution >= 4 is 5.91 Å². The van der Waals surface area contributed by atoms with Gasteiger partial charge in [0.1, 0.15) is 0 Å². The first kappa shape index (κ1) is 14.8. The maximum absolute atomic E-state index is 12.7. The summed E-state index contributed by atoms with van der Waals surface area (Å²) >= 11 is 0. The van der Waals surface area contributed by atoms with Gasteiger partial charge in [-0.25, -0.2) is 0 Å². The molecular weight excluding hydrogens is 236 g/mol. The number of nitrogens with one attached hydrogen (secondary N) is 1. The van der Waals surface area contributed by atoms with Gasteiger partial charge in [0.25, 0.3) is 0 Å². The van der Waals surface area contributed by atoms with Crippen LogP contribution in [0.15, 0.2) is 0 Å². The topological polar surface area (TPSA) is 32.3 Å². The van der Waals surface area contributed by atoms with Crippen LogP contribution in [0.25, 0.3) is 0 Å². The minimum Gasteiger partial charge on any atom is -0.340 e. The first-order chi connectivity index (χ1) is 9.21. The maximum Gasteiger partial charge on any atom is 0.224 e. The zero-order valence-corrected chi connectivity index (χ0v) is 12.7. The number of hydrogen-bond acceptors (Lipinski definition) is 2. The number of nitrogens with zero attached hydrogens (tertiary/aromatic N) is 1. The minimum atomic E-state index is 0.0884. The molecule has 1 saturated heterocycles. The van der Waals surface area contributed by atoms with E-state index >= 15 is 0 Å². The highest BCUT2D eigenvalue weighted by atomic mass is 16.2. The molecule has 0 spiro atoms. The lowest BCUT2D eigenvalue weighted by atomic mass is 9.79. The van der Waals surface area contributed by atoms with Crippen LogP contribution < -0.4 is 5.32 Å². The second-order valence-corrected chi connectivity index (χ2v) is 6.41. The predicted octanol–water partition coefficient (Wildman–Crippen LogP) is 3.09. The van der Waals surface area contributed by atoms with Crippen LogP contribution in [0.2, 0.25) is 0 Å². The van der Waals surface area contributed by atoms with Crippen molar-refractivity contribution < 1.29 is 4.79 Å². The molecular formula is C16H30N2O. The van der Waals surface area contributed by atoms with Crippen molar-refractivity contribution in [2.45, 2.75) is 82.7 Å². The van der Waals surface area contributed by atoms with Crippen LogP contribution in [0, 0.1) is 0 Å². The van der Waals surface area contributed by atoms with Crippen molar-refractivity contribution in [2.24, 2.45) is 0 Å². The molecule has 3 nitrogen and oxygen atoms in total. The van der Waals surface area contributed by atoms with Crippen molar-refractivity contribution in [3.63, 3.8) is 0 Å². The first-order valence-corrected chi connectivity index (χ1v) is 8.19. The third-order valence-corrected chi connectivity index (χ3v) is 5.25. The van der Waals surface area contributed by atoms with E-state index < -0.39 is 0 Å². The molecule has 3 heteroatoms. The fourth-order valence-corrected chi connectivity index (χ4v) is 3.89. The highest BCUT2D eigenvalue weighted by Crippen LogP contribution is 2.32. The van der Waals surface area contributed by atoms with Gasteiger partial charge in [-0.3, -0.25) is 4.79 Å². The van der Waals surface area contributed by atoms with Gasteiger partial charge < -0.3 is 10.2 Å². The van der Waals surface area contributed by atoms with E-state index in [1.165, 1.54) is 51.4 Å². The molecule has 110 valence electrons. The fourth-order valence-electron chi connectivity index (χ4n) is 3.89. The van der Waals surface area contributed by atoms with E-state index in [9.17, 15) is 4.79 Å². The van der Waals surface area contributed by atoms with E-state index in [0.717, 1.165) is 13.0 Å². The molecule has 19 heavy (non-hydrogen) atoms. The summed E-state index contributed by atoms with van der Waals surface area (Å²) in [6, 6.07) is 0.499. The number of piperidine rings is 1. The summed E-state index contributed by atoms with van der Waals surface area (Å²) in [5.41, 5.74) is 0.0884. The Labute approximate surface area is 118 Å². The minimum absolute atomic E-state index is 0.0884. The summed E-state index contributed by atoms with van der Waals surface area (Å²) in [7, 11) is 2.03. The van der Waals surface area contributed by atoms with Gasteiger partial charge in [-0.15, -0.1) is 0 Å². The average Bonchev–Trinajstić information content (AvgIpc) is 2.48. The molecule has 1 aliphatic carbocycles. The summed E-state index contributed by atoms with van der Waals surface area (Å²) in [6.45, 7) is 3.20.